The third-order valence-electron chi connectivity index (χ3n) is 5.30. The number of hydrogen-bond donors (Lipinski definition) is 1. The average molecular weight is 428 g/mol. The molecule has 0 bridgehead atoms. The molecular formula is C27H25NO4. The molecule has 0 saturated carbocycles. The zero-order valence-corrected chi connectivity index (χ0v) is 18.0. The van der Waals surface area contributed by atoms with Crippen LogP contribution in [0.4, 0.5) is 0 Å². The molecule has 0 fully saturated rings. The number of para-hydroxylation sites is 1. The molecule has 0 aliphatic rings. The summed E-state index contributed by atoms with van der Waals surface area (Å²) in [6.45, 7) is 2.34. The minimum Gasteiger partial charge on any atom is -0.489 e. The van der Waals surface area contributed by atoms with E-state index in [4.69, 9.17) is 14.3 Å². The van der Waals surface area contributed by atoms with Crippen LogP contribution in [0.2, 0.25) is 0 Å². The highest BCUT2D eigenvalue weighted by Crippen LogP contribution is 2.23. The van der Waals surface area contributed by atoms with E-state index in [0.717, 1.165) is 35.4 Å². The highest BCUT2D eigenvalue weighted by atomic mass is 16.5. The maximum atomic E-state index is 11.0. The number of benzene rings is 3. The lowest BCUT2D eigenvalue weighted by Gasteiger charge is -2.11. The summed E-state index contributed by atoms with van der Waals surface area (Å²) in [4.78, 5) is 15.7. The van der Waals surface area contributed by atoms with Crippen LogP contribution in [-0.4, -0.2) is 16.1 Å². The third kappa shape index (κ3) is 5.43. The average Bonchev–Trinajstić information content (AvgIpc) is 3.18. The van der Waals surface area contributed by atoms with Crippen LogP contribution in [0.15, 0.2) is 83.3 Å². The lowest BCUT2D eigenvalue weighted by Crippen LogP contribution is -2.04. The molecule has 0 aliphatic carbocycles. The summed E-state index contributed by atoms with van der Waals surface area (Å²) in [7, 11) is 0. The van der Waals surface area contributed by atoms with E-state index >= 15 is 0 Å². The number of carbonyl (C=O) groups is 1. The van der Waals surface area contributed by atoms with Gasteiger partial charge in [0, 0.05) is 11.1 Å². The molecule has 0 radical (unpaired) electrons. The van der Waals surface area contributed by atoms with E-state index in [-0.39, 0.29) is 6.42 Å². The lowest BCUT2D eigenvalue weighted by molar-refractivity contribution is -0.136. The Labute approximate surface area is 187 Å². The first-order valence-corrected chi connectivity index (χ1v) is 10.6. The van der Waals surface area contributed by atoms with Crippen molar-refractivity contribution in [1.29, 1.82) is 0 Å². The Hall–Kier alpha value is -3.86. The fourth-order valence-electron chi connectivity index (χ4n) is 3.54. The van der Waals surface area contributed by atoms with Crippen molar-refractivity contribution in [1.82, 2.24) is 4.98 Å². The number of rotatable bonds is 9. The monoisotopic (exact) mass is 427 g/mol. The highest BCUT2D eigenvalue weighted by molar-refractivity contribution is 5.71. The van der Waals surface area contributed by atoms with Crippen LogP contribution in [-0.2, 0) is 30.7 Å². The Bertz CT molecular complexity index is 1180. The van der Waals surface area contributed by atoms with Crippen LogP contribution in [0.3, 0.4) is 0 Å². The van der Waals surface area contributed by atoms with Gasteiger partial charge in [-0.25, -0.2) is 4.98 Å². The minimum absolute atomic E-state index is 0.0530. The van der Waals surface area contributed by atoms with Gasteiger partial charge < -0.3 is 14.3 Å². The SMILES string of the molecule is Cc1oc(-c2ccccc2)nc1CCc1ccc(COc2ccccc2CC(=O)O)cc1. The molecule has 0 amide bonds. The molecule has 162 valence electrons. The molecule has 0 unspecified atom stereocenters. The predicted octanol–water partition coefficient (Wildman–Crippen LogP) is 5.64. The van der Waals surface area contributed by atoms with Gasteiger partial charge in [0.2, 0.25) is 5.89 Å². The smallest absolute Gasteiger partial charge is 0.307 e. The fraction of sp³-hybridized carbons (Fsp3) is 0.185. The molecule has 5 nitrogen and oxygen atoms in total. The molecule has 0 aliphatic heterocycles. The van der Waals surface area contributed by atoms with Crippen molar-refractivity contribution in [2.24, 2.45) is 0 Å². The van der Waals surface area contributed by atoms with Crippen molar-refractivity contribution in [3.63, 3.8) is 0 Å². The van der Waals surface area contributed by atoms with Crippen molar-refractivity contribution >= 4 is 5.97 Å². The maximum absolute atomic E-state index is 11.0. The largest absolute Gasteiger partial charge is 0.489 e. The highest BCUT2D eigenvalue weighted by Gasteiger charge is 2.11. The summed E-state index contributed by atoms with van der Waals surface area (Å²) < 4.78 is 11.7. The Morgan fingerprint density at radius 3 is 2.34 bits per heavy atom. The summed E-state index contributed by atoms with van der Waals surface area (Å²) in [5.74, 6) is 1.25. The van der Waals surface area contributed by atoms with Crippen molar-refractivity contribution < 1.29 is 19.1 Å². The summed E-state index contributed by atoms with van der Waals surface area (Å²) in [5.41, 5.74) is 4.88. The standard InChI is InChI=1S/C27H25NO4/c1-19-24(28-27(32-19)22-7-3-2-4-8-22)16-15-20-11-13-21(14-12-20)18-31-25-10-6-5-9-23(25)17-26(29)30/h2-14H,15-18H2,1H3,(H,29,30). The molecule has 3 aromatic carbocycles. The first-order chi connectivity index (χ1) is 15.6. The Kier molecular flexibility index (Phi) is 6.66. The predicted molar refractivity (Wildman–Crippen MR) is 123 cm³/mol. The van der Waals surface area contributed by atoms with Crippen LogP contribution in [0.1, 0.15) is 28.1 Å². The van der Waals surface area contributed by atoms with E-state index in [9.17, 15) is 4.79 Å². The topological polar surface area (TPSA) is 72.6 Å². The number of aliphatic carboxylic acids is 1. The van der Waals surface area contributed by atoms with Crippen LogP contribution in [0.5, 0.6) is 5.75 Å². The van der Waals surface area contributed by atoms with Crippen molar-refractivity contribution in [2.45, 2.75) is 32.8 Å². The van der Waals surface area contributed by atoms with Gasteiger partial charge in [-0.1, -0.05) is 60.7 Å². The van der Waals surface area contributed by atoms with Crippen molar-refractivity contribution in [3.05, 3.63) is 107 Å². The molecule has 1 heterocycles. The third-order valence-corrected chi connectivity index (χ3v) is 5.30. The summed E-state index contributed by atoms with van der Waals surface area (Å²) in [5, 5.41) is 9.05. The quantitative estimate of drug-likeness (QED) is 0.374. The fourth-order valence-corrected chi connectivity index (χ4v) is 3.54. The Morgan fingerprint density at radius 2 is 1.59 bits per heavy atom. The van der Waals surface area contributed by atoms with Gasteiger partial charge in [0.05, 0.1) is 12.1 Å². The molecule has 1 N–H and O–H groups in total. The zero-order chi connectivity index (χ0) is 22.3. The number of aromatic nitrogens is 1. The van der Waals surface area contributed by atoms with Crippen molar-refractivity contribution in [3.8, 4) is 17.2 Å². The number of nitrogens with zero attached hydrogens (tertiary/aromatic N) is 1. The molecule has 5 heteroatoms. The van der Waals surface area contributed by atoms with Crippen LogP contribution in [0, 0.1) is 6.92 Å². The van der Waals surface area contributed by atoms with E-state index in [1.54, 1.807) is 12.1 Å². The maximum Gasteiger partial charge on any atom is 0.307 e. The second-order valence-corrected chi connectivity index (χ2v) is 7.67. The number of aryl methyl sites for hydroxylation is 3. The van der Waals surface area contributed by atoms with Gasteiger partial charge in [0.15, 0.2) is 0 Å². The van der Waals surface area contributed by atoms with Gasteiger partial charge in [0.25, 0.3) is 0 Å². The number of carboxylic acid groups (broad SMARTS) is 1. The van der Waals surface area contributed by atoms with Gasteiger partial charge in [-0.15, -0.1) is 0 Å². The van der Waals surface area contributed by atoms with E-state index in [1.165, 1.54) is 5.56 Å². The molecule has 0 spiro atoms. The van der Waals surface area contributed by atoms with Crippen LogP contribution >= 0.6 is 0 Å². The van der Waals surface area contributed by atoms with Gasteiger partial charge in [-0.3, -0.25) is 4.79 Å². The molecular weight excluding hydrogens is 402 g/mol. The molecule has 4 rings (SSSR count). The molecule has 0 saturated heterocycles. The first-order valence-electron chi connectivity index (χ1n) is 10.6. The summed E-state index contributed by atoms with van der Waals surface area (Å²) >= 11 is 0. The normalized spacial score (nSPS) is 10.8. The van der Waals surface area contributed by atoms with E-state index in [0.29, 0.717) is 23.8 Å². The molecule has 4 aromatic rings. The molecule has 0 atom stereocenters. The van der Waals surface area contributed by atoms with Crippen LogP contribution < -0.4 is 4.74 Å². The van der Waals surface area contributed by atoms with Crippen molar-refractivity contribution in [2.75, 3.05) is 0 Å². The van der Waals surface area contributed by atoms with E-state index in [1.807, 2.05) is 61.5 Å². The number of ether oxygens (including phenoxy) is 1. The Balaban J connectivity index is 1.34. The second-order valence-electron chi connectivity index (χ2n) is 7.67. The van der Waals surface area contributed by atoms with Crippen LogP contribution in [0.25, 0.3) is 11.5 Å². The molecule has 1 aromatic heterocycles. The lowest BCUT2D eigenvalue weighted by atomic mass is 10.1. The molecule has 32 heavy (non-hydrogen) atoms. The van der Waals surface area contributed by atoms with E-state index < -0.39 is 5.97 Å². The number of hydrogen-bond acceptors (Lipinski definition) is 4. The van der Waals surface area contributed by atoms with Gasteiger partial charge in [0.1, 0.15) is 18.1 Å². The van der Waals surface area contributed by atoms with E-state index in [2.05, 4.69) is 17.1 Å². The Morgan fingerprint density at radius 1 is 0.906 bits per heavy atom. The second kappa shape index (κ2) is 9.96. The number of carboxylic acids is 1. The first kappa shape index (κ1) is 21.4. The van der Waals surface area contributed by atoms with Gasteiger partial charge in [-0.05, 0) is 49.1 Å². The summed E-state index contributed by atoms with van der Waals surface area (Å²) in [6, 6.07) is 25.4. The zero-order valence-electron chi connectivity index (χ0n) is 18.0. The number of oxazole rings is 1. The summed E-state index contributed by atoms with van der Waals surface area (Å²) in [6.07, 6.45) is 1.62. The van der Waals surface area contributed by atoms with Gasteiger partial charge in [-0.2, -0.15) is 0 Å². The minimum atomic E-state index is -0.872. The van der Waals surface area contributed by atoms with Gasteiger partial charge >= 0.3 is 5.97 Å².